The molecule has 1 aromatic heterocycles. The second-order valence-electron chi connectivity index (χ2n) is 5.26. The summed E-state index contributed by atoms with van der Waals surface area (Å²) in [5, 5.41) is 4.55. The summed E-state index contributed by atoms with van der Waals surface area (Å²) in [6, 6.07) is 5.86. The Morgan fingerprint density at radius 3 is 2.52 bits per heavy atom. The van der Waals surface area contributed by atoms with E-state index in [1.165, 1.54) is 25.3 Å². The first kappa shape index (κ1) is 20.2. The molecule has 0 bridgehead atoms. The summed E-state index contributed by atoms with van der Waals surface area (Å²) < 4.78 is 31.8. The smallest absolute Gasteiger partial charge is 0.326 e. The van der Waals surface area contributed by atoms with Gasteiger partial charge in [-0.15, -0.1) is 0 Å². The highest BCUT2D eigenvalue weighted by Crippen LogP contribution is 2.18. The molecule has 0 fully saturated rings. The van der Waals surface area contributed by atoms with Gasteiger partial charge in [-0.05, 0) is 31.2 Å². The number of anilines is 1. The van der Waals surface area contributed by atoms with Gasteiger partial charge in [-0.3, -0.25) is 19.4 Å². The average molecular weight is 398 g/mol. The van der Waals surface area contributed by atoms with Gasteiger partial charge in [0, 0.05) is 11.2 Å². The van der Waals surface area contributed by atoms with Crippen molar-refractivity contribution in [2.75, 3.05) is 11.9 Å². The molecular weight excluding hydrogens is 384 g/mol. The number of para-hydroxylation sites is 1. The van der Waals surface area contributed by atoms with E-state index in [4.69, 9.17) is 16.3 Å². The van der Waals surface area contributed by atoms with E-state index in [2.05, 4.69) is 10.3 Å². The predicted octanol–water partition coefficient (Wildman–Crippen LogP) is 2.31. The molecule has 1 aromatic carbocycles. The van der Waals surface area contributed by atoms with Crippen LogP contribution in [0.2, 0.25) is 5.02 Å². The molecule has 2 amide bonds. The first-order valence-electron chi connectivity index (χ1n) is 7.62. The van der Waals surface area contributed by atoms with Crippen molar-refractivity contribution in [3.05, 3.63) is 58.9 Å². The number of ether oxygens (including phenoxy) is 1. The van der Waals surface area contributed by atoms with Crippen LogP contribution in [0.1, 0.15) is 17.4 Å². The van der Waals surface area contributed by atoms with Crippen molar-refractivity contribution in [1.29, 1.82) is 0 Å². The standard InChI is InChI=1S/C17H14ClF2N3O4/c1-9(16(25)23-15-11(19)3-2-4-12(15)20)27-14(24)8-22-17(26)13-7-10(18)5-6-21-13/h2-7,9H,8H2,1H3,(H,22,26)(H,23,25)/t9-/m0/s1. The number of hydrogen-bond donors (Lipinski definition) is 2. The molecule has 2 aromatic rings. The Labute approximate surface area is 157 Å². The van der Waals surface area contributed by atoms with Crippen LogP contribution >= 0.6 is 11.6 Å². The van der Waals surface area contributed by atoms with Crippen LogP contribution in [0.3, 0.4) is 0 Å². The fourth-order valence-corrected chi connectivity index (χ4v) is 2.07. The molecule has 2 rings (SSSR count). The summed E-state index contributed by atoms with van der Waals surface area (Å²) in [7, 11) is 0. The van der Waals surface area contributed by atoms with Gasteiger partial charge in [0.25, 0.3) is 11.8 Å². The first-order chi connectivity index (χ1) is 12.8. The fraction of sp³-hybridized carbons (Fsp3) is 0.176. The van der Waals surface area contributed by atoms with Gasteiger partial charge in [0.05, 0.1) is 0 Å². The summed E-state index contributed by atoms with van der Waals surface area (Å²) in [5.41, 5.74) is -0.651. The number of esters is 1. The molecule has 0 saturated carbocycles. The molecule has 7 nitrogen and oxygen atoms in total. The monoisotopic (exact) mass is 397 g/mol. The number of nitrogens with zero attached hydrogens (tertiary/aromatic N) is 1. The van der Waals surface area contributed by atoms with Gasteiger partial charge < -0.3 is 15.4 Å². The average Bonchev–Trinajstić information content (AvgIpc) is 2.62. The molecule has 0 radical (unpaired) electrons. The number of nitrogens with one attached hydrogen (secondary N) is 2. The molecule has 0 aliphatic rings. The number of carbonyl (C=O) groups excluding carboxylic acids is 3. The lowest BCUT2D eigenvalue weighted by molar-refractivity contribution is -0.152. The number of benzene rings is 1. The molecule has 0 aliphatic carbocycles. The third-order valence-corrected chi connectivity index (χ3v) is 3.47. The number of pyridine rings is 1. The van der Waals surface area contributed by atoms with Gasteiger partial charge in [-0.1, -0.05) is 17.7 Å². The second-order valence-corrected chi connectivity index (χ2v) is 5.70. The van der Waals surface area contributed by atoms with Crippen LogP contribution in [0.15, 0.2) is 36.5 Å². The van der Waals surface area contributed by atoms with Crippen molar-refractivity contribution in [2.45, 2.75) is 13.0 Å². The topological polar surface area (TPSA) is 97.4 Å². The summed E-state index contributed by atoms with van der Waals surface area (Å²) in [4.78, 5) is 39.3. The largest absolute Gasteiger partial charge is 0.451 e. The molecule has 0 spiro atoms. The van der Waals surface area contributed by atoms with Gasteiger partial charge in [0.15, 0.2) is 6.10 Å². The zero-order valence-corrected chi connectivity index (χ0v) is 14.7. The lowest BCUT2D eigenvalue weighted by Crippen LogP contribution is -2.36. The van der Waals surface area contributed by atoms with Gasteiger partial charge >= 0.3 is 5.97 Å². The number of aromatic nitrogens is 1. The van der Waals surface area contributed by atoms with Crippen LogP contribution < -0.4 is 10.6 Å². The van der Waals surface area contributed by atoms with E-state index in [0.29, 0.717) is 5.02 Å². The van der Waals surface area contributed by atoms with Crippen molar-refractivity contribution in [3.8, 4) is 0 Å². The third kappa shape index (κ3) is 5.71. The minimum atomic E-state index is -1.35. The minimum absolute atomic E-state index is 0.00359. The van der Waals surface area contributed by atoms with E-state index in [0.717, 1.165) is 18.2 Å². The SMILES string of the molecule is C[C@H](OC(=O)CNC(=O)c1cc(Cl)ccn1)C(=O)Nc1c(F)cccc1F. The number of hydrogen-bond acceptors (Lipinski definition) is 5. The van der Waals surface area contributed by atoms with Crippen molar-refractivity contribution in [2.24, 2.45) is 0 Å². The van der Waals surface area contributed by atoms with E-state index < -0.39 is 47.8 Å². The summed E-state index contributed by atoms with van der Waals surface area (Å²) >= 11 is 5.73. The Kier molecular flexibility index (Phi) is 6.78. The highest BCUT2D eigenvalue weighted by molar-refractivity contribution is 6.30. The van der Waals surface area contributed by atoms with Crippen molar-refractivity contribution < 1.29 is 27.9 Å². The zero-order chi connectivity index (χ0) is 20.0. The maximum atomic E-state index is 13.5. The maximum absolute atomic E-state index is 13.5. The fourth-order valence-electron chi connectivity index (χ4n) is 1.91. The Bertz CT molecular complexity index is 859. The summed E-state index contributed by atoms with van der Waals surface area (Å²) in [6.07, 6.45) is -0.0261. The summed E-state index contributed by atoms with van der Waals surface area (Å²) in [6.45, 7) is 0.672. The Balaban J connectivity index is 1.86. The normalized spacial score (nSPS) is 11.4. The zero-order valence-electron chi connectivity index (χ0n) is 14.0. The Hall–Kier alpha value is -3.07. The highest BCUT2D eigenvalue weighted by atomic mass is 35.5. The van der Waals surface area contributed by atoms with Gasteiger partial charge in [-0.2, -0.15) is 0 Å². The first-order valence-corrected chi connectivity index (χ1v) is 8.00. The van der Waals surface area contributed by atoms with E-state index in [1.54, 1.807) is 0 Å². The minimum Gasteiger partial charge on any atom is -0.451 e. The molecule has 1 heterocycles. The predicted molar refractivity (Wildman–Crippen MR) is 92.1 cm³/mol. The van der Waals surface area contributed by atoms with E-state index in [9.17, 15) is 23.2 Å². The van der Waals surface area contributed by atoms with Gasteiger partial charge in [0.1, 0.15) is 29.6 Å². The van der Waals surface area contributed by atoms with E-state index >= 15 is 0 Å². The number of halogens is 3. The molecule has 0 aliphatic heterocycles. The number of rotatable bonds is 6. The number of carbonyl (C=O) groups is 3. The Morgan fingerprint density at radius 1 is 1.22 bits per heavy atom. The van der Waals surface area contributed by atoms with Crippen LogP contribution in [0.4, 0.5) is 14.5 Å². The van der Waals surface area contributed by atoms with E-state index in [1.807, 2.05) is 5.32 Å². The number of amides is 2. The van der Waals surface area contributed by atoms with Crippen LogP contribution in [-0.4, -0.2) is 35.4 Å². The maximum Gasteiger partial charge on any atom is 0.326 e. The molecule has 142 valence electrons. The molecule has 27 heavy (non-hydrogen) atoms. The van der Waals surface area contributed by atoms with Crippen LogP contribution in [0.5, 0.6) is 0 Å². The van der Waals surface area contributed by atoms with Crippen LogP contribution in [-0.2, 0) is 14.3 Å². The molecule has 10 heteroatoms. The molecular formula is C17H14ClF2N3O4. The van der Waals surface area contributed by atoms with Crippen LogP contribution in [0, 0.1) is 11.6 Å². The molecule has 0 saturated heterocycles. The molecule has 1 atom stereocenters. The van der Waals surface area contributed by atoms with Gasteiger partial charge in [0.2, 0.25) is 0 Å². The Morgan fingerprint density at radius 2 is 1.89 bits per heavy atom. The molecule has 0 unspecified atom stereocenters. The molecule has 2 N–H and O–H groups in total. The summed E-state index contributed by atoms with van der Waals surface area (Å²) in [5.74, 6) is -4.47. The van der Waals surface area contributed by atoms with Gasteiger partial charge in [-0.25, -0.2) is 8.78 Å². The quantitative estimate of drug-likeness (QED) is 0.729. The third-order valence-electron chi connectivity index (χ3n) is 3.24. The second kappa shape index (κ2) is 9.04. The van der Waals surface area contributed by atoms with Crippen LogP contribution in [0.25, 0.3) is 0 Å². The lowest BCUT2D eigenvalue weighted by Gasteiger charge is -2.14. The van der Waals surface area contributed by atoms with Crippen molar-refractivity contribution in [1.82, 2.24) is 10.3 Å². The van der Waals surface area contributed by atoms with Crippen molar-refractivity contribution >= 4 is 35.1 Å². The van der Waals surface area contributed by atoms with E-state index in [-0.39, 0.29) is 5.69 Å². The highest BCUT2D eigenvalue weighted by Gasteiger charge is 2.21. The lowest BCUT2D eigenvalue weighted by atomic mass is 10.2. The van der Waals surface area contributed by atoms with Crippen molar-refractivity contribution in [3.63, 3.8) is 0 Å².